The second-order valence-electron chi connectivity index (χ2n) is 3.72. The number of carbonyl (C=O) groups is 1. The van der Waals surface area contributed by atoms with E-state index < -0.39 is 0 Å². The maximum atomic E-state index is 11.2. The Hall–Kier alpha value is -0.220. The van der Waals surface area contributed by atoms with Crippen LogP contribution in [-0.2, 0) is 4.79 Å². The molecule has 1 aliphatic rings. The fraction of sp³-hybridized carbons (Fsp3) is 0.889. The van der Waals surface area contributed by atoms with Crippen LogP contribution in [0.4, 0.5) is 0 Å². The summed E-state index contributed by atoms with van der Waals surface area (Å²) in [5.41, 5.74) is 5.46. The monoisotopic (exact) mass is 202 g/mol. The van der Waals surface area contributed by atoms with Gasteiger partial charge in [0.15, 0.2) is 0 Å². The molecule has 0 aromatic heterocycles. The van der Waals surface area contributed by atoms with Gasteiger partial charge in [-0.2, -0.15) is 11.8 Å². The number of hydrogen-bond acceptors (Lipinski definition) is 3. The van der Waals surface area contributed by atoms with Crippen LogP contribution in [0, 0.1) is 0 Å². The van der Waals surface area contributed by atoms with Crippen molar-refractivity contribution in [2.24, 2.45) is 5.73 Å². The third-order valence-electron chi connectivity index (χ3n) is 2.26. The summed E-state index contributed by atoms with van der Waals surface area (Å²) in [7, 11) is 0. The Balaban J connectivity index is 2.26. The van der Waals surface area contributed by atoms with Crippen molar-refractivity contribution >= 4 is 17.7 Å². The SMILES string of the molecule is CC1CCC(NC(=O)[C@H](C)N)CS1. The van der Waals surface area contributed by atoms with Crippen LogP contribution in [0.3, 0.4) is 0 Å². The largest absolute Gasteiger partial charge is 0.351 e. The molecule has 0 aromatic carbocycles. The van der Waals surface area contributed by atoms with Crippen molar-refractivity contribution in [2.75, 3.05) is 5.75 Å². The first-order chi connectivity index (χ1) is 6.09. The standard InChI is InChI=1S/C9H18N2OS/c1-6-3-4-8(5-13-6)11-9(12)7(2)10/h6-8H,3-5,10H2,1-2H3,(H,11,12)/t6?,7-,8?/m0/s1. The Morgan fingerprint density at radius 3 is 2.77 bits per heavy atom. The zero-order valence-electron chi connectivity index (χ0n) is 8.25. The highest BCUT2D eigenvalue weighted by molar-refractivity contribution is 7.99. The van der Waals surface area contributed by atoms with Gasteiger partial charge >= 0.3 is 0 Å². The third kappa shape index (κ3) is 3.56. The Morgan fingerprint density at radius 2 is 2.31 bits per heavy atom. The molecule has 1 amide bonds. The van der Waals surface area contributed by atoms with Crippen LogP contribution in [0.5, 0.6) is 0 Å². The molecule has 0 bridgehead atoms. The summed E-state index contributed by atoms with van der Waals surface area (Å²) in [6.45, 7) is 3.95. The lowest BCUT2D eigenvalue weighted by atomic mass is 10.1. The molecule has 1 rings (SSSR count). The van der Waals surface area contributed by atoms with Crippen molar-refractivity contribution in [1.82, 2.24) is 5.32 Å². The number of carbonyl (C=O) groups excluding carboxylic acids is 1. The number of thioether (sulfide) groups is 1. The van der Waals surface area contributed by atoms with E-state index in [-0.39, 0.29) is 11.9 Å². The molecule has 13 heavy (non-hydrogen) atoms. The first-order valence-corrected chi connectivity index (χ1v) is 5.82. The molecule has 2 unspecified atom stereocenters. The van der Waals surface area contributed by atoms with Crippen LogP contribution in [0.25, 0.3) is 0 Å². The zero-order chi connectivity index (χ0) is 9.84. The smallest absolute Gasteiger partial charge is 0.236 e. The quantitative estimate of drug-likeness (QED) is 0.694. The summed E-state index contributed by atoms with van der Waals surface area (Å²) < 4.78 is 0. The van der Waals surface area contributed by atoms with E-state index in [0.29, 0.717) is 6.04 Å². The minimum atomic E-state index is -0.385. The highest BCUT2D eigenvalue weighted by Gasteiger charge is 2.20. The maximum absolute atomic E-state index is 11.2. The second-order valence-corrected chi connectivity index (χ2v) is 5.19. The van der Waals surface area contributed by atoms with Gasteiger partial charge in [-0.3, -0.25) is 4.79 Å². The van der Waals surface area contributed by atoms with E-state index in [1.807, 2.05) is 11.8 Å². The summed E-state index contributed by atoms with van der Waals surface area (Å²) in [5.74, 6) is 1.000. The van der Waals surface area contributed by atoms with Crippen molar-refractivity contribution in [3.05, 3.63) is 0 Å². The van der Waals surface area contributed by atoms with E-state index in [0.717, 1.165) is 17.4 Å². The molecule has 3 N–H and O–H groups in total. The number of nitrogens with two attached hydrogens (primary N) is 1. The van der Waals surface area contributed by atoms with Gasteiger partial charge in [0.05, 0.1) is 6.04 Å². The molecule has 76 valence electrons. The minimum Gasteiger partial charge on any atom is -0.351 e. The molecule has 0 aromatic rings. The number of hydrogen-bond donors (Lipinski definition) is 2. The van der Waals surface area contributed by atoms with Gasteiger partial charge in [0, 0.05) is 17.0 Å². The van der Waals surface area contributed by atoms with Gasteiger partial charge in [-0.1, -0.05) is 6.92 Å². The molecular weight excluding hydrogens is 184 g/mol. The fourth-order valence-electron chi connectivity index (χ4n) is 1.33. The van der Waals surface area contributed by atoms with Crippen molar-refractivity contribution < 1.29 is 4.79 Å². The lowest BCUT2D eigenvalue weighted by Crippen LogP contribution is -2.46. The van der Waals surface area contributed by atoms with Gasteiger partial charge in [0.2, 0.25) is 5.91 Å². The molecule has 1 fully saturated rings. The minimum absolute atomic E-state index is 0.0276. The van der Waals surface area contributed by atoms with Gasteiger partial charge < -0.3 is 11.1 Å². The number of amides is 1. The van der Waals surface area contributed by atoms with Gasteiger partial charge in [0.1, 0.15) is 0 Å². The molecule has 0 radical (unpaired) electrons. The van der Waals surface area contributed by atoms with Crippen molar-refractivity contribution in [3.8, 4) is 0 Å². The third-order valence-corrected chi connectivity index (χ3v) is 3.66. The van der Waals surface area contributed by atoms with E-state index >= 15 is 0 Å². The molecule has 3 atom stereocenters. The Morgan fingerprint density at radius 1 is 1.62 bits per heavy atom. The van der Waals surface area contributed by atoms with Gasteiger partial charge in [0.25, 0.3) is 0 Å². The summed E-state index contributed by atoms with van der Waals surface area (Å²) in [4.78, 5) is 11.2. The highest BCUT2D eigenvalue weighted by atomic mass is 32.2. The molecule has 3 nitrogen and oxygen atoms in total. The number of nitrogens with one attached hydrogen (secondary N) is 1. The van der Waals surface area contributed by atoms with Crippen LogP contribution in [0.1, 0.15) is 26.7 Å². The van der Waals surface area contributed by atoms with E-state index in [9.17, 15) is 4.79 Å². The molecule has 1 saturated heterocycles. The van der Waals surface area contributed by atoms with Gasteiger partial charge in [-0.25, -0.2) is 0 Å². The summed E-state index contributed by atoms with van der Waals surface area (Å²) >= 11 is 1.92. The fourth-order valence-corrected chi connectivity index (χ4v) is 2.44. The Kier molecular flexibility index (Phi) is 4.06. The average molecular weight is 202 g/mol. The first-order valence-electron chi connectivity index (χ1n) is 4.77. The maximum Gasteiger partial charge on any atom is 0.236 e. The molecule has 0 spiro atoms. The highest BCUT2D eigenvalue weighted by Crippen LogP contribution is 2.24. The molecular formula is C9H18N2OS. The van der Waals surface area contributed by atoms with Crippen LogP contribution < -0.4 is 11.1 Å². The molecule has 0 saturated carbocycles. The lowest BCUT2D eigenvalue weighted by molar-refractivity contribution is -0.122. The topological polar surface area (TPSA) is 55.1 Å². The van der Waals surface area contributed by atoms with Crippen LogP contribution in [0.15, 0.2) is 0 Å². The first kappa shape index (κ1) is 10.9. The molecule has 1 aliphatic heterocycles. The van der Waals surface area contributed by atoms with E-state index in [1.165, 1.54) is 6.42 Å². The normalized spacial score (nSPS) is 31.0. The Bertz CT molecular complexity index is 176. The van der Waals surface area contributed by atoms with Crippen molar-refractivity contribution in [1.29, 1.82) is 0 Å². The summed E-state index contributed by atoms with van der Waals surface area (Å²) in [6, 6.07) is -0.0518. The van der Waals surface area contributed by atoms with E-state index in [4.69, 9.17) is 5.73 Å². The van der Waals surface area contributed by atoms with Gasteiger partial charge in [-0.05, 0) is 19.8 Å². The average Bonchev–Trinajstić information content (AvgIpc) is 2.08. The molecule has 1 heterocycles. The van der Waals surface area contributed by atoms with E-state index in [1.54, 1.807) is 6.92 Å². The van der Waals surface area contributed by atoms with Crippen LogP contribution in [-0.4, -0.2) is 29.0 Å². The Labute approximate surface area is 83.8 Å². The molecule has 0 aliphatic carbocycles. The van der Waals surface area contributed by atoms with Crippen LogP contribution in [0.2, 0.25) is 0 Å². The summed E-state index contributed by atoms with van der Waals surface area (Å²) in [5, 5.41) is 3.69. The van der Waals surface area contributed by atoms with Crippen molar-refractivity contribution in [2.45, 2.75) is 44.0 Å². The van der Waals surface area contributed by atoms with Crippen LogP contribution >= 0.6 is 11.8 Å². The zero-order valence-corrected chi connectivity index (χ0v) is 9.06. The number of rotatable bonds is 2. The van der Waals surface area contributed by atoms with Gasteiger partial charge in [-0.15, -0.1) is 0 Å². The second kappa shape index (κ2) is 4.86. The predicted molar refractivity (Wildman–Crippen MR) is 56.7 cm³/mol. The summed E-state index contributed by atoms with van der Waals surface area (Å²) in [6.07, 6.45) is 2.28. The lowest BCUT2D eigenvalue weighted by Gasteiger charge is -2.27. The molecule has 4 heteroatoms. The van der Waals surface area contributed by atoms with Crippen molar-refractivity contribution in [3.63, 3.8) is 0 Å². The van der Waals surface area contributed by atoms with E-state index in [2.05, 4.69) is 12.2 Å². The predicted octanol–water partition coefficient (Wildman–Crippen LogP) is 0.734.